The van der Waals surface area contributed by atoms with Crippen LogP contribution in [0.3, 0.4) is 0 Å². The van der Waals surface area contributed by atoms with E-state index in [0.717, 1.165) is 24.3 Å². The van der Waals surface area contributed by atoms with Crippen LogP contribution in [0.1, 0.15) is 35.0 Å². The number of nitrogens with one attached hydrogen (secondary N) is 1. The fourth-order valence-corrected chi connectivity index (χ4v) is 1.87. The van der Waals surface area contributed by atoms with Gasteiger partial charge in [0.2, 0.25) is 0 Å². The summed E-state index contributed by atoms with van der Waals surface area (Å²) in [6.45, 7) is 9.07. The lowest BCUT2D eigenvalue weighted by Gasteiger charge is -2.08. The number of ketones is 1. The maximum Gasteiger partial charge on any atom is 0.155 e. The van der Waals surface area contributed by atoms with Gasteiger partial charge in [-0.25, -0.2) is 0 Å². The van der Waals surface area contributed by atoms with Crippen molar-refractivity contribution in [3.63, 3.8) is 0 Å². The molecule has 1 aromatic rings. The Morgan fingerprint density at radius 2 is 1.42 bits per heavy atom. The molecule has 0 heterocycles. The molecule has 0 radical (unpaired) electrons. The Labute approximate surface area is 159 Å². The van der Waals surface area contributed by atoms with E-state index in [2.05, 4.69) is 5.32 Å². The van der Waals surface area contributed by atoms with Gasteiger partial charge in [-0.1, -0.05) is 13.8 Å². The number of carbonyl (C=O) groups is 1. The average molecular weight is 372 g/mol. The number of carbonyl (C=O) groups excluding carboxylic acids is 1. The summed E-state index contributed by atoms with van der Waals surface area (Å²) < 4.78 is 21.5. The molecule has 0 aliphatic carbocycles. The minimum Gasteiger partial charge on any atom is -0.494 e. The Kier molecular flexibility index (Phi) is 17.0. The summed E-state index contributed by atoms with van der Waals surface area (Å²) in [5.41, 5.74) is 1.07. The van der Waals surface area contributed by atoms with Crippen molar-refractivity contribution in [2.45, 2.75) is 33.6 Å². The molecule has 152 valence electrons. The highest BCUT2D eigenvalue weighted by molar-refractivity contribution is 5.76. The lowest BCUT2D eigenvalue weighted by molar-refractivity contribution is -0.122. The number of ether oxygens (including phenoxy) is 4. The third kappa shape index (κ3) is 14.7. The van der Waals surface area contributed by atoms with Crippen molar-refractivity contribution >= 4 is 11.5 Å². The fourth-order valence-electron chi connectivity index (χ4n) is 1.87. The second-order valence-electron chi connectivity index (χ2n) is 5.31. The summed E-state index contributed by atoms with van der Waals surface area (Å²) in [6, 6.07) is 7.90. The Bertz CT molecular complexity index is 443. The second-order valence-corrected chi connectivity index (χ2v) is 5.31. The first kappa shape index (κ1) is 24.4. The van der Waals surface area contributed by atoms with E-state index in [0.29, 0.717) is 39.6 Å². The molecule has 0 aromatic heterocycles. The van der Waals surface area contributed by atoms with E-state index in [4.69, 9.17) is 18.9 Å². The van der Waals surface area contributed by atoms with Crippen LogP contribution in [0.25, 0.3) is 0 Å². The molecular weight excluding hydrogens is 334 g/mol. The molecule has 0 amide bonds. The minimum atomic E-state index is 0. The van der Waals surface area contributed by atoms with Gasteiger partial charge in [0.05, 0.1) is 33.0 Å². The van der Waals surface area contributed by atoms with E-state index in [9.17, 15) is 4.79 Å². The van der Waals surface area contributed by atoms with Crippen LogP contribution in [0.4, 0.5) is 5.69 Å². The van der Waals surface area contributed by atoms with Crippen LogP contribution >= 0.6 is 0 Å². The van der Waals surface area contributed by atoms with Crippen LogP contribution in [-0.2, 0) is 19.0 Å². The van der Waals surface area contributed by atoms with E-state index in [-0.39, 0.29) is 13.8 Å². The number of hydrogen-bond donors (Lipinski definition) is 1. The van der Waals surface area contributed by atoms with Crippen LogP contribution in [0.15, 0.2) is 24.3 Å². The molecule has 1 rings (SSSR count). The fraction of sp³-hybridized carbons (Fsp3) is 0.650. The smallest absolute Gasteiger partial charge is 0.155 e. The number of hydrogen-bond acceptors (Lipinski definition) is 6. The Balaban J connectivity index is 0. The van der Waals surface area contributed by atoms with Gasteiger partial charge in [0.1, 0.15) is 12.4 Å². The van der Waals surface area contributed by atoms with Crippen molar-refractivity contribution in [3.8, 4) is 5.75 Å². The molecule has 0 saturated carbocycles. The van der Waals surface area contributed by atoms with Crippen molar-refractivity contribution in [1.29, 1.82) is 0 Å². The van der Waals surface area contributed by atoms with Crippen LogP contribution in [0.2, 0.25) is 0 Å². The molecule has 0 unspecified atom stereocenters. The van der Waals surface area contributed by atoms with Crippen LogP contribution in [0.5, 0.6) is 5.75 Å². The van der Waals surface area contributed by atoms with Crippen molar-refractivity contribution in [2.24, 2.45) is 0 Å². The van der Waals surface area contributed by atoms with Crippen LogP contribution in [0, 0.1) is 0 Å². The predicted octanol–water partition coefficient (Wildman–Crippen LogP) is 3.80. The normalized spacial score (nSPS) is 10.0. The van der Waals surface area contributed by atoms with Crippen LogP contribution in [-0.4, -0.2) is 59.1 Å². The molecule has 26 heavy (non-hydrogen) atoms. The first-order chi connectivity index (χ1) is 12.7. The largest absolute Gasteiger partial charge is 0.494 e. The molecule has 6 nitrogen and oxygen atoms in total. The average Bonchev–Trinajstić information content (AvgIpc) is 2.67. The van der Waals surface area contributed by atoms with Gasteiger partial charge in [-0.15, -0.1) is 0 Å². The number of rotatable bonds is 15. The summed E-state index contributed by atoms with van der Waals surface area (Å²) in [7, 11) is 1.89. The Morgan fingerprint density at radius 1 is 0.885 bits per heavy atom. The summed E-state index contributed by atoms with van der Waals surface area (Å²) in [4.78, 5) is 10.6. The van der Waals surface area contributed by atoms with Crippen molar-refractivity contribution in [3.05, 3.63) is 24.3 Å². The van der Waals surface area contributed by atoms with Gasteiger partial charge in [-0.2, -0.15) is 0 Å². The van der Waals surface area contributed by atoms with E-state index in [1.807, 2.05) is 45.2 Å². The predicted molar refractivity (Wildman–Crippen MR) is 107 cm³/mol. The van der Waals surface area contributed by atoms with Gasteiger partial charge in [-0.05, 0) is 44.0 Å². The standard InChI is InChI=1S/C18H29NO5.C2H6.H2/c1-16(20)15-23-14-13-22-12-11-21-9-3-4-10-24-18-7-5-17(19-2)6-8-18;1-2;/h5-8,19H,3-4,9-15H2,1-2H3;1-2H3;1H. The zero-order valence-electron chi connectivity index (χ0n) is 16.7. The number of Topliss-reactive ketones (excluding diaryl/α,β-unsaturated/α-hetero) is 1. The van der Waals surface area contributed by atoms with E-state index < -0.39 is 0 Å². The van der Waals surface area contributed by atoms with Gasteiger partial charge in [0.25, 0.3) is 0 Å². The van der Waals surface area contributed by atoms with Gasteiger partial charge >= 0.3 is 0 Å². The first-order valence-corrected chi connectivity index (χ1v) is 9.35. The summed E-state index contributed by atoms with van der Waals surface area (Å²) in [5.74, 6) is 0.910. The van der Waals surface area contributed by atoms with Crippen LogP contribution < -0.4 is 10.1 Å². The molecule has 0 spiro atoms. The molecule has 6 heteroatoms. The van der Waals surface area contributed by atoms with Crippen molar-refractivity contribution in [2.75, 3.05) is 58.6 Å². The molecule has 0 saturated heterocycles. The number of benzene rings is 1. The highest BCUT2D eigenvalue weighted by Crippen LogP contribution is 2.15. The van der Waals surface area contributed by atoms with Gasteiger partial charge in [0.15, 0.2) is 5.78 Å². The summed E-state index contributed by atoms with van der Waals surface area (Å²) >= 11 is 0. The molecular formula is C20H37NO5. The Morgan fingerprint density at radius 3 is 2.00 bits per heavy atom. The zero-order chi connectivity index (χ0) is 19.5. The van der Waals surface area contributed by atoms with Crippen molar-refractivity contribution < 1.29 is 25.2 Å². The molecule has 0 atom stereocenters. The summed E-state index contributed by atoms with van der Waals surface area (Å²) in [6.07, 6.45) is 1.91. The van der Waals surface area contributed by atoms with Gasteiger partial charge < -0.3 is 24.3 Å². The van der Waals surface area contributed by atoms with E-state index in [1.54, 1.807) is 0 Å². The summed E-state index contributed by atoms with van der Waals surface area (Å²) in [5, 5.41) is 3.07. The van der Waals surface area contributed by atoms with Gasteiger partial charge in [-0.3, -0.25) is 4.79 Å². The lowest BCUT2D eigenvalue weighted by Crippen LogP contribution is -2.12. The SMILES string of the molecule is CC.CNc1ccc(OCCCCOCCOCCOCC(C)=O)cc1.[HH]. The molecule has 0 bridgehead atoms. The first-order valence-electron chi connectivity index (χ1n) is 9.35. The molecule has 1 aromatic carbocycles. The highest BCUT2D eigenvalue weighted by Gasteiger charge is 1.96. The number of unbranched alkanes of at least 4 members (excludes halogenated alkanes) is 1. The number of anilines is 1. The maximum absolute atomic E-state index is 10.6. The van der Waals surface area contributed by atoms with E-state index >= 15 is 0 Å². The molecule has 0 fully saturated rings. The van der Waals surface area contributed by atoms with E-state index in [1.165, 1.54) is 6.92 Å². The lowest BCUT2D eigenvalue weighted by atomic mass is 10.3. The topological polar surface area (TPSA) is 66.0 Å². The minimum absolute atomic E-state index is 0. The molecule has 0 aliphatic rings. The molecule has 1 N–H and O–H groups in total. The van der Waals surface area contributed by atoms with Crippen molar-refractivity contribution in [1.82, 2.24) is 0 Å². The zero-order valence-corrected chi connectivity index (χ0v) is 16.7. The van der Waals surface area contributed by atoms with Gasteiger partial charge in [0, 0.05) is 20.8 Å². The quantitative estimate of drug-likeness (QED) is 0.473. The second kappa shape index (κ2) is 18.2. The third-order valence-electron chi connectivity index (χ3n) is 3.14. The Hall–Kier alpha value is -1.63. The third-order valence-corrected chi connectivity index (χ3v) is 3.14. The highest BCUT2D eigenvalue weighted by atomic mass is 16.5. The molecule has 0 aliphatic heterocycles. The monoisotopic (exact) mass is 371 g/mol. The maximum atomic E-state index is 10.6.